The van der Waals surface area contributed by atoms with Crippen molar-refractivity contribution in [2.45, 2.75) is 38.1 Å². The van der Waals surface area contributed by atoms with Gasteiger partial charge in [-0.05, 0) is 31.6 Å². The molecule has 2 aliphatic rings. The van der Waals surface area contributed by atoms with Gasteiger partial charge < -0.3 is 0 Å². The first-order valence-electron chi connectivity index (χ1n) is 4.42. The predicted octanol–water partition coefficient (Wildman–Crippen LogP) is 1.84. The van der Waals surface area contributed by atoms with Gasteiger partial charge >= 0.3 is 0 Å². The van der Waals surface area contributed by atoms with Crippen LogP contribution in [0.3, 0.4) is 0 Å². The van der Waals surface area contributed by atoms with E-state index in [1.165, 1.54) is 12.8 Å². The van der Waals surface area contributed by atoms with Gasteiger partial charge in [-0.25, -0.2) is 0 Å². The molecule has 3 heteroatoms. The molecule has 0 amide bonds. The fourth-order valence-electron chi connectivity index (χ4n) is 2.52. The lowest BCUT2D eigenvalue weighted by molar-refractivity contribution is -0.542. The highest BCUT2D eigenvalue weighted by atomic mass is 16.6. The Morgan fingerprint density at radius 2 is 2.00 bits per heavy atom. The highest BCUT2D eigenvalue weighted by Gasteiger charge is 2.45. The molecule has 2 saturated carbocycles. The van der Waals surface area contributed by atoms with Gasteiger partial charge in [0.2, 0.25) is 6.04 Å². The van der Waals surface area contributed by atoms with Crippen molar-refractivity contribution >= 4 is 0 Å². The third-order valence-corrected chi connectivity index (χ3v) is 3.32. The molecule has 3 nitrogen and oxygen atoms in total. The highest BCUT2D eigenvalue weighted by Crippen LogP contribution is 2.45. The standard InChI is InChI=1S/C8H13NO2/c10-9(11)8-3-1-2-6-4-5-7(6)8/h6-8H,1-5H2. The quantitative estimate of drug-likeness (QED) is 0.428. The van der Waals surface area contributed by atoms with E-state index < -0.39 is 0 Å². The summed E-state index contributed by atoms with van der Waals surface area (Å²) in [4.78, 5) is 10.5. The van der Waals surface area contributed by atoms with Crippen LogP contribution < -0.4 is 0 Å². The number of rotatable bonds is 1. The van der Waals surface area contributed by atoms with E-state index in [2.05, 4.69) is 0 Å². The van der Waals surface area contributed by atoms with Crippen LogP contribution in [0.15, 0.2) is 0 Å². The Bertz CT molecular complexity index is 181. The maximum absolute atomic E-state index is 10.5. The fraction of sp³-hybridized carbons (Fsp3) is 1.00. The van der Waals surface area contributed by atoms with Crippen molar-refractivity contribution in [1.29, 1.82) is 0 Å². The van der Waals surface area contributed by atoms with Crippen molar-refractivity contribution in [1.82, 2.24) is 0 Å². The smallest absolute Gasteiger partial charge is 0.216 e. The first kappa shape index (κ1) is 7.07. The topological polar surface area (TPSA) is 43.1 Å². The van der Waals surface area contributed by atoms with Gasteiger partial charge in [0, 0.05) is 17.3 Å². The Hall–Kier alpha value is -0.600. The Morgan fingerprint density at radius 3 is 2.45 bits per heavy atom. The van der Waals surface area contributed by atoms with E-state index in [0.29, 0.717) is 11.8 Å². The molecule has 11 heavy (non-hydrogen) atoms. The summed E-state index contributed by atoms with van der Waals surface area (Å²) in [6.45, 7) is 0. The van der Waals surface area contributed by atoms with Crippen LogP contribution in [0, 0.1) is 22.0 Å². The van der Waals surface area contributed by atoms with Gasteiger partial charge in [0.15, 0.2) is 0 Å². The van der Waals surface area contributed by atoms with Crippen LogP contribution in [0.2, 0.25) is 0 Å². The second-order valence-electron chi connectivity index (χ2n) is 3.78. The lowest BCUT2D eigenvalue weighted by Crippen LogP contribution is -2.43. The normalized spacial score (nSPS) is 42.4. The summed E-state index contributed by atoms with van der Waals surface area (Å²) in [6, 6.07) is -0.192. The van der Waals surface area contributed by atoms with Crippen molar-refractivity contribution in [3.63, 3.8) is 0 Å². The fourth-order valence-corrected chi connectivity index (χ4v) is 2.52. The molecule has 0 aromatic heterocycles. The molecule has 2 fully saturated rings. The molecule has 62 valence electrons. The maximum Gasteiger partial charge on any atom is 0.216 e. The second kappa shape index (κ2) is 2.47. The summed E-state index contributed by atoms with van der Waals surface area (Å²) in [7, 11) is 0. The molecule has 3 unspecified atom stereocenters. The largest absolute Gasteiger partial charge is 0.264 e. The number of fused-ring (bicyclic) bond motifs is 1. The molecule has 0 radical (unpaired) electrons. The van der Waals surface area contributed by atoms with Crippen molar-refractivity contribution in [2.75, 3.05) is 0 Å². The van der Waals surface area contributed by atoms with Crippen LogP contribution in [0.1, 0.15) is 32.1 Å². The van der Waals surface area contributed by atoms with Crippen LogP contribution in [0.4, 0.5) is 0 Å². The summed E-state index contributed by atoms with van der Waals surface area (Å²) >= 11 is 0. The third-order valence-electron chi connectivity index (χ3n) is 3.32. The minimum atomic E-state index is -0.192. The van der Waals surface area contributed by atoms with E-state index in [4.69, 9.17) is 0 Å². The van der Waals surface area contributed by atoms with Crippen LogP contribution in [0.5, 0.6) is 0 Å². The molecule has 0 heterocycles. The minimum absolute atomic E-state index is 0.0595. The van der Waals surface area contributed by atoms with Crippen LogP contribution in [-0.2, 0) is 0 Å². The van der Waals surface area contributed by atoms with Crippen LogP contribution in [-0.4, -0.2) is 11.0 Å². The monoisotopic (exact) mass is 155 g/mol. The average molecular weight is 155 g/mol. The molecule has 2 rings (SSSR count). The molecule has 0 aromatic rings. The Labute approximate surface area is 65.9 Å². The summed E-state index contributed by atoms with van der Waals surface area (Å²) < 4.78 is 0. The van der Waals surface area contributed by atoms with Gasteiger partial charge in [0.05, 0.1) is 0 Å². The molecule has 0 N–H and O–H groups in total. The first-order chi connectivity index (χ1) is 5.29. The van der Waals surface area contributed by atoms with Gasteiger partial charge in [0.1, 0.15) is 0 Å². The summed E-state index contributed by atoms with van der Waals surface area (Å²) in [5.74, 6) is 1.15. The minimum Gasteiger partial charge on any atom is -0.264 e. The SMILES string of the molecule is O=[N+]([O-])C1CCCC2CCC21. The molecule has 0 aromatic carbocycles. The maximum atomic E-state index is 10.5. The van der Waals surface area contributed by atoms with E-state index >= 15 is 0 Å². The number of hydrogen-bond acceptors (Lipinski definition) is 2. The second-order valence-corrected chi connectivity index (χ2v) is 3.78. The van der Waals surface area contributed by atoms with Gasteiger partial charge in [-0.3, -0.25) is 10.1 Å². The third kappa shape index (κ3) is 1.03. The average Bonchev–Trinajstić information content (AvgIpc) is 1.90. The van der Waals surface area contributed by atoms with Crippen LogP contribution in [0.25, 0.3) is 0 Å². The molecule has 0 saturated heterocycles. The van der Waals surface area contributed by atoms with E-state index in [-0.39, 0.29) is 11.0 Å². The molecule has 0 spiro atoms. The lowest BCUT2D eigenvalue weighted by atomic mass is 9.63. The van der Waals surface area contributed by atoms with Gasteiger partial charge in [-0.1, -0.05) is 0 Å². The molecular weight excluding hydrogens is 142 g/mol. The van der Waals surface area contributed by atoms with E-state index in [1.807, 2.05) is 0 Å². The Kier molecular flexibility index (Phi) is 1.59. The van der Waals surface area contributed by atoms with E-state index in [1.54, 1.807) is 0 Å². The Morgan fingerprint density at radius 1 is 1.18 bits per heavy atom. The Balaban J connectivity index is 2.03. The van der Waals surface area contributed by atoms with Gasteiger partial charge in [-0.2, -0.15) is 0 Å². The van der Waals surface area contributed by atoms with E-state index in [9.17, 15) is 10.1 Å². The zero-order chi connectivity index (χ0) is 7.84. The summed E-state index contributed by atoms with van der Waals surface area (Å²) in [5.41, 5.74) is 0. The van der Waals surface area contributed by atoms with E-state index in [0.717, 1.165) is 19.3 Å². The predicted molar refractivity (Wildman–Crippen MR) is 40.8 cm³/mol. The molecule has 0 bridgehead atoms. The van der Waals surface area contributed by atoms with Gasteiger partial charge in [0.25, 0.3) is 0 Å². The summed E-state index contributed by atoms with van der Waals surface area (Å²) in [5, 5.41) is 10.5. The summed E-state index contributed by atoms with van der Waals surface area (Å²) in [6.07, 6.45) is 5.50. The zero-order valence-electron chi connectivity index (χ0n) is 6.53. The van der Waals surface area contributed by atoms with Crippen molar-refractivity contribution in [3.05, 3.63) is 10.1 Å². The van der Waals surface area contributed by atoms with Crippen LogP contribution >= 0.6 is 0 Å². The van der Waals surface area contributed by atoms with Gasteiger partial charge in [-0.15, -0.1) is 0 Å². The molecule has 3 atom stereocenters. The lowest BCUT2D eigenvalue weighted by Gasteiger charge is -2.41. The number of nitro groups is 1. The first-order valence-corrected chi connectivity index (χ1v) is 4.42. The van der Waals surface area contributed by atoms with Crippen molar-refractivity contribution in [2.24, 2.45) is 11.8 Å². The van der Waals surface area contributed by atoms with Crippen molar-refractivity contribution in [3.8, 4) is 0 Å². The number of hydrogen-bond donors (Lipinski definition) is 0. The molecule has 0 aliphatic heterocycles. The zero-order valence-corrected chi connectivity index (χ0v) is 6.53. The van der Waals surface area contributed by atoms with Crippen molar-refractivity contribution < 1.29 is 4.92 Å². The number of nitrogens with zero attached hydrogens (tertiary/aromatic N) is 1. The molecular formula is C8H13NO2. The highest BCUT2D eigenvalue weighted by molar-refractivity contribution is 4.89. The molecule has 2 aliphatic carbocycles.